The van der Waals surface area contributed by atoms with Crippen LogP contribution >= 0.6 is 24.0 Å². The van der Waals surface area contributed by atoms with Gasteiger partial charge in [-0.05, 0) is 45.2 Å². The Labute approximate surface area is 173 Å². The molecule has 1 amide bonds. The van der Waals surface area contributed by atoms with Crippen LogP contribution < -0.4 is 5.73 Å². The molecule has 26 heavy (non-hydrogen) atoms. The van der Waals surface area contributed by atoms with Gasteiger partial charge in [-0.1, -0.05) is 24.3 Å². The molecule has 0 radical (unpaired) electrons. The SMILES string of the molecule is Cc1ccccc1CCN=C(N)N1CCN(C(=O)OC(C)(C)C)CC1.I. The molecule has 0 aromatic heterocycles. The van der Waals surface area contributed by atoms with E-state index in [1.165, 1.54) is 11.1 Å². The molecule has 0 bridgehead atoms. The molecule has 6 nitrogen and oxygen atoms in total. The first-order valence-electron chi connectivity index (χ1n) is 8.83. The minimum Gasteiger partial charge on any atom is -0.444 e. The Morgan fingerprint density at radius 3 is 2.31 bits per heavy atom. The van der Waals surface area contributed by atoms with Crippen LogP contribution in [0, 0.1) is 6.92 Å². The van der Waals surface area contributed by atoms with Gasteiger partial charge in [0.25, 0.3) is 0 Å². The zero-order valence-corrected chi connectivity index (χ0v) is 18.5. The third-order valence-electron chi connectivity index (χ3n) is 4.17. The number of aryl methyl sites for hydroxylation is 1. The van der Waals surface area contributed by atoms with Crippen molar-refractivity contribution in [2.45, 2.75) is 39.7 Å². The summed E-state index contributed by atoms with van der Waals surface area (Å²) in [6.07, 6.45) is 0.618. The lowest BCUT2D eigenvalue weighted by Gasteiger charge is -2.36. The highest BCUT2D eigenvalue weighted by atomic mass is 127. The van der Waals surface area contributed by atoms with Crippen molar-refractivity contribution in [3.05, 3.63) is 35.4 Å². The highest BCUT2D eigenvalue weighted by Gasteiger charge is 2.26. The molecule has 1 heterocycles. The first kappa shape index (κ1) is 22.5. The summed E-state index contributed by atoms with van der Waals surface area (Å²) in [5, 5.41) is 0. The summed E-state index contributed by atoms with van der Waals surface area (Å²) in [5.41, 5.74) is 8.23. The van der Waals surface area contributed by atoms with Crippen molar-refractivity contribution in [1.29, 1.82) is 0 Å². The van der Waals surface area contributed by atoms with E-state index in [2.05, 4.69) is 24.0 Å². The van der Waals surface area contributed by atoms with Gasteiger partial charge in [0, 0.05) is 32.7 Å². The third kappa shape index (κ3) is 7.01. The molecule has 1 aliphatic rings. The minimum atomic E-state index is -0.468. The lowest BCUT2D eigenvalue weighted by atomic mass is 10.1. The van der Waals surface area contributed by atoms with E-state index in [-0.39, 0.29) is 30.1 Å². The van der Waals surface area contributed by atoms with Crippen LogP contribution in [-0.4, -0.2) is 60.2 Å². The van der Waals surface area contributed by atoms with Crippen LogP contribution in [0.2, 0.25) is 0 Å². The molecule has 1 aromatic carbocycles. The Kier molecular flexibility index (Phi) is 8.66. The summed E-state index contributed by atoms with van der Waals surface area (Å²) >= 11 is 0. The maximum absolute atomic E-state index is 12.1. The number of benzene rings is 1. The molecule has 1 aromatic rings. The molecule has 146 valence electrons. The smallest absolute Gasteiger partial charge is 0.410 e. The molecule has 7 heteroatoms. The highest BCUT2D eigenvalue weighted by Crippen LogP contribution is 2.12. The lowest BCUT2D eigenvalue weighted by molar-refractivity contribution is 0.0186. The van der Waals surface area contributed by atoms with E-state index in [4.69, 9.17) is 10.5 Å². The van der Waals surface area contributed by atoms with Crippen molar-refractivity contribution >= 4 is 36.0 Å². The Morgan fingerprint density at radius 2 is 1.73 bits per heavy atom. The normalized spacial score (nSPS) is 15.5. The number of hydrogen-bond acceptors (Lipinski definition) is 3. The molecule has 1 aliphatic heterocycles. The Bertz CT molecular complexity index is 620. The Hall–Kier alpha value is -1.51. The predicted molar refractivity (Wildman–Crippen MR) is 116 cm³/mol. The van der Waals surface area contributed by atoms with Crippen LogP contribution in [-0.2, 0) is 11.2 Å². The van der Waals surface area contributed by atoms with Crippen LogP contribution in [0.1, 0.15) is 31.9 Å². The largest absolute Gasteiger partial charge is 0.444 e. The number of rotatable bonds is 3. The fourth-order valence-electron chi connectivity index (χ4n) is 2.73. The monoisotopic (exact) mass is 474 g/mol. The van der Waals surface area contributed by atoms with Crippen LogP contribution in [0.15, 0.2) is 29.3 Å². The second-order valence-corrected chi connectivity index (χ2v) is 7.37. The fraction of sp³-hybridized carbons (Fsp3) is 0.579. The van der Waals surface area contributed by atoms with E-state index in [9.17, 15) is 4.79 Å². The molecule has 0 unspecified atom stereocenters. The number of amides is 1. The van der Waals surface area contributed by atoms with Gasteiger partial charge in [0.15, 0.2) is 5.96 Å². The van der Waals surface area contributed by atoms with Crippen molar-refractivity contribution in [2.24, 2.45) is 10.7 Å². The second-order valence-electron chi connectivity index (χ2n) is 7.37. The van der Waals surface area contributed by atoms with Crippen LogP contribution in [0.3, 0.4) is 0 Å². The molecule has 0 atom stereocenters. The van der Waals surface area contributed by atoms with Crippen molar-refractivity contribution in [3.63, 3.8) is 0 Å². The number of piperazine rings is 1. The summed E-state index contributed by atoms with van der Waals surface area (Å²) in [7, 11) is 0. The van der Waals surface area contributed by atoms with Gasteiger partial charge in [0.05, 0.1) is 0 Å². The molecular weight excluding hydrogens is 443 g/mol. The Balaban J connectivity index is 0.00000338. The number of aliphatic imine (C=N–C) groups is 1. The van der Waals surface area contributed by atoms with Gasteiger partial charge in [-0.25, -0.2) is 4.79 Å². The van der Waals surface area contributed by atoms with Crippen LogP contribution in [0.25, 0.3) is 0 Å². The zero-order valence-electron chi connectivity index (χ0n) is 16.2. The number of nitrogens with zero attached hydrogens (tertiary/aromatic N) is 3. The van der Waals surface area contributed by atoms with E-state index in [0.717, 1.165) is 6.42 Å². The van der Waals surface area contributed by atoms with Gasteiger partial charge >= 0.3 is 6.09 Å². The summed E-state index contributed by atoms with van der Waals surface area (Å²) < 4.78 is 5.40. The van der Waals surface area contributed by atoms with Crippen molar-refractivity contribution in [1.82, 2.24) is 9.80 Å². The standard InChI is InChI=1S/C19H30N4O2.HI/c1-15-7-5-6-8-16(15)9-10-21-17(20)22-11-13-23(14-12-22)18(24)25-19(2,3)4;/h5-8H,9-14H2,1-4H3,(H2,20,21);1H. The summed E-state index contributed by atoms with van der Waals surface area (Å²) in [6, 6.07) is 8.32. The average molecular weight is 474 g/mol. The molecule has 0 saturated carbocycles. The quantitative estimate of drug-likeness (QED) is 0.416. The van der Waals surface area contributed by atoms with E-state index < -0.39 is 5.60 Å². The predicted octanol–water partition coefficient (Wildman–Crippen LogP) is 3.02. The van der Waals surface area contributed by atoms with Gasteiger partial charge < -0.3 is 20.3 Å². The van der Waals surface area contributed by atoms with E-state index in [1.54, 1.807) is 4.90 Å². The first-order valence-corrected chi connectivity index (χ1v) is 8.83. The van der Waals surface area contributed by atoms with E-state index >= 15 is 0 Å². The summed E-state index contributed by atoms with van der Waals surface area (Å²) in [4.78, 5) is 20.3. The molecule has 0 spiro atoms. The number of guanidine groups is 1. The van der Waals surface area contributed by atoms with Gasteiger partial charge in [-0.2, -0.15) is 0 Å². The second kappa shape index (κ2) is 9.99. The molecular formula is C19H31IN4O2. The number of carbonyl (C=O) groups excluding carboxylic acids is 1. The topological polar surface area (TPSA) is 71.2 Å². The third-order valence-corrected chi connectivity index (χ3v) is 4.17. The van der Waals surface area contributed by atoms with Crippen LogP contribution in [0.4, 0.5) is 4.79 Å². The molecule has 1 saturated heterocycles. The number of carbonyl (C=O) groups is 1. The van der Waals surface area contributed by atoms with Gasteiger partial charge in [0.1, 0.15) is 5.60 Å². The van der Waals surface area contributed by atoms with Crippen molar-refractivity contribution in [3.8, 4) is 0 Å². The van der Waals surface area contributed by atoms with Gasteiger partial charge in [-0.15, -0.1) is 24.0 Å². The molecule has 2 rings (SSSR count). The van der Waals surface area contributed by atoms with Crippen LogP contribution in [0.5, 0.6) is 0 Å². The van der Waals surface area contributed by atoms with E-state index in [0.29, 0.717) is 38.7 Å². The molecule has 2 N–H and O–H groups in total. The fourth-order valence-corrected chi connectivity index (χ4v) is 2.73. The zero-order chi connectivity index (χ0) is 18.4. The number of ether oxygens (including phenoxy) is 1. The first-order chi connectivity index (χ1) is 11.8. The maximum atomic E-state index is 12.1. The van der Waals surface area contributed by atoms with Gasteiger partial charge in [-0.3, -0.25) is 4.99 Å². The molecule has 0 aliphatic carbocycles. The average Bonchev–Trinajstić information content (AvgIpc) is 2.55. The Morgan fingerprint density at radius 1 is 1.15 bits per heavy atom. The van der Waals surface area contributed by atoms with Crippen molar-refractivity contribution < 1.29 is 9.53 Å². The van der Waals surface area contributed by atoms with Crippen molar-refractivity contribution in [2.75, 3.05) is 32.7 Å². The number of hydrogen-bond donors (Lipinski definition) is 1. The number of halogens is 1. The molecule has 1 fully saturated rings. The summed E-state index contributed by atoms with van der Waals surface area (Å²) in [5.74, 6) is 0.553. The number of nitrogens with two attached hydrogens (primary N) is 1. The summed E-state index contributed by atoms with van der Waals surface area (Å²) in [6.45, 7) is 11.0. The maximum Gasteiger partial charge on any atom is 0.410 e. The van der Waals surface area contributed by atoms with Gasteiger partial charge in [0.2, 0.25) is 0 Å². The highest BCUT2D eigenvalue weighted by molar-refractivity contribution is 14.0. The van der Waals surface area contributed by atoms with E-state index in [1.807, 2.05) is 37.8 Å². The lowest BCUT2D eigenvalue weighted by Crippen LogP contribution is -2.53. The minimum absolute atomic E-state index is 0.